The molecule has 1 N–H and O–H groups in total. The van der Waals surface area contributed by atoms with Crippen LogP contribution in [0.25, 0.3) is 0 Å². The van der Waals surface area contributed by atoms with Crippen molar-refractivity contribution in [3.63, 3.8) is 0 Å². The number of ether oxygens (including phenoxy) is 1. The lowest BCUT2D eigenvalue weighted by Gasteiger charge is -2.42. The minimum Gasteiger partial charge on any atom is -0.450 e. The molecule has 1 aromatic carbocycles. The summed E-state index contributed by atoms with van der Waals surface area (Å²) >= 11 is 0. The molecule has 2 fully saturated rings. The molecule has 2 aliphatic rings. The molecule has 3 amide bonds. The normalized spacial score (nSPS) is 18.8. The van der Waals surface area contributed by atoms with Crippen LogP contribution in [-0.4, -0.2) is 78.7 Å². The van der Waals surface area contributed by atoms with E-state index in [-0.39, 0.29) is 17.8 Å². The number of piperazine rings is 1. The van der Waals surface area contributed by atoms with Crippen LogP contribution in [0.1, 0.15) is 19.8 Å². The van der Waals surface area contributed by atoms with Crippen LogP contribution < -0.4 is 5.32 Å². The number of piperidine rings is 1. The summed E-state index contributed by atoms with van der Waals surface area (Å²) in [5.41, 5.74) is 0.234. The predicted molar refractivity (Wildman–Crippen MR) is 100 cm³/mol. The molecule has 7 nitrogen and oxygen atoms in total. The standard InChI is InChI=1S/C19H26F2N4O3/c1-2-28-19(27)25-7-5-15(6-8-25)23-9-11-24(12-10-23)18(26)22-14-3-4-16(20)17(21)13-14/h3-4,13,15H,2,5-12H2,1H3,(H,22,26). The third-order valence-corrected chi connectivity index (χ3v) is 5.28. The Kier molecular flexibility index (Phi) is 6.66. The van der Waals surface area contributed by atoms with Crippen LogP contribution in [-0.2, 0) is 4.74 Å². The summed E-state index contributed by atoms with van der Waals surface area (Å²) in [6.07, 6.45) is 1.53. The molecule has 0 radical (unpaired) electrons. The second-order valence-electron chi connectivity index (χ2n) is 7.00. The number of hydrogen-bond donors (Lipinski definition) is 1. The first-order valence-corrected chi connectivity index (χ1v) is 9.64. The highest BCUT2D eigenvalue weighted by molar-refractivity contribution is 5.89. The zero-order chi connectivity index (χ0) is 20.1. The summed E-state index contributed by atoms with van der Waals surface area (Å²) < 4.78 is 31.3. The molecule has 2 saturated heterocycles. The number of nitrogens with one attached hydrogen (secondary N) is 1. The molecule has 0 aromatic heterocycles. The third kappa shape index (κ3) is 4.89. The fourth-order valence-electron chi connectivity index (χ4n) is 3.69. The Hall–Kier alpha value is -2.42. The maximum absolute atomic E-state index is 13.3. The number of hydrogen-bond acceptors (Lipinski definition) is 4. The lowest BCUT2D eigenvalue weighted by molar-refractivity contribution is 0.0581. The van der Waals surface area contributed by atoms with Crippen LogP contribution >= 0.6 is 0 Å². The first-order chi connectivity index (χ1) is 13.5. The second kappa shape index (κ2) is 9.18. The van der Waals surface area contributed by atoms with Crippen LogP contribution in [0, 0.1) is 11.6 Å². The molecule has 2 heterocycles. The van der Waals surface area contributed by atoms with Crippen LogP contribution in [0.4, 0.5) is 24.1 Å². The Balaban J connectivity index is 1.43. The molecule has 1 aromatic rings. The zero-order valence-corrected chi connectivity index (χ0v) is 16.0. The van der Waals surface area contributed by atoms with Crippen molar-refractivity contribution in [3.8, 4) is 0 Å². The predicted octanol–water partition coefficient (Wildman–Crippen LogP) is 2.74. The minimum absolute atomic E-state index is 0.234. The molecule has 0 saturated carbocycles. The quantitative estimate of drug-likeness (QED) is 0.853. The lowest BCUT2D eigenvalue weighted by atomic mass is 10.0. The molecular formula is C19H26F2N4O3. The van der Waals surface area contributed by atoms with Gasteiger partial charge in [-0.15, -0.1) is 0 Å². The van der Waals surface area contributed by atoms with Crippen LogP contribution in [0.15, 0.2) is 18.2 Å². The SMILES string of the molecule is CCOC(=O)N1CCC(N2CCN(C(=O)Nc3ccc(F)c(F)c3)CC2)CC1. The van der Waals surface area contributed by atoms with Crippen molar-refractivity contribution in [2.24, 2.45) is 0 Å². The average molecular weight is 396 g/mol. The van der Waals surface area contributed by atoms with Gasteiger partial charge in [-0.3, -0.25) is 4.90 Å². The van der Waals surface area contributed by atoms with E-state index in [9.17, 15) is 18.4 Å². The van der Waals surface area contributed by atoms with Crippen molar-refractivity contribution in [2.45, 2.75) is 25.8 Å². The number of benzene rings is 1. The number of amides is 3. The molecule has 154 valence electrons. The van der Waals surface area contributed by atoms with Gasteiger partial charge in [0, 0.05) is 57.1 Å². The smallest absolute Gasteiger partial charge is 0.409 e. The molecule has 0 spiro atoms. The van der Waals surface area contributed by atoms with Crippen LogP contribution in [0.2, 0.25) is 0 Å². The Labute approximate surface area is 163 Å². The first kappa shape index (κ1) is 20.3. The molecule has 2 aliphatic heterocycles. The topological polar surface area (TPSA) is 65.1 Å². The highest BCUT2D eigenvalue weighted by atomic mass is 19.2. The van der Waals surface area contributed by atoms with Gasteiger partial charge in [0.1, 0.15) is 0 Å². The lowest BCUT2D eigenvalue weighted by Crippen LogP contribution is -2.55. The molecule has 0 atom stereocenters. The Morgan fingerprint density at radius 2 is 1.71 bits per heavy atom. The van der Waals surface area contributed by atoms with E-state index >= 15 is 0 Å². The fraction of sp³-hybridized carbons (Fsp3) is 0.579. The molecule has 0 aliphatic carbocycles. The van der Waals surface area contributed by atoms with Gasteiger partial charge in [0.15, 0.2) is 11.6 Å². The first-order valence-electron chi connectivity index (χ1n) is 9.64. The van der Waals surface area contributed by atoms with Crippen LogP contribution in [0.3, 0.4) is 0 Å². The Morgan fingerprint density at radius 3 is 2.32 bits per heavy atom. The largest absolute Gasteiger partial charge is 0.450 e. The number of likely N-dealkylation sites (tertiary alicyclic amines) is 1. The van der Waals surface area contributed by atoms with E-state index in [2.05, 4.69) is 10.2 Å². The summed E-state index contributed by atoms with van der Waals surface area (Å²) in [7, 11) is 0. The van der Waals surface area contributed by atoms with E-state index in [1.54, 1.807) is 16.7 Å². The summed E-state index contributed by atoms with van der Waals surface area (Å²) in [4.78, 5) is 29.9. The van der Waals surface area contributed by atoms with Gasteiger partial charge < -0.3 is 19.9 Å². The maximum atomic E-state index is 13.3. The van der Waals surface area contributed by atoms with Gasteiger partial charge in [0.05, 0.1) is 6.61 Å². The van der Waals surface area contributed by atoms with E-state index in [1.165, 1.54) is 6.07 Å². The molecule has 0 unspecified atom stereocenters. The summed E-state index contributed by atoms with van der Waals surface area (Å²) in [5, 5.41) is 2.61. The van der Waals surface area contributed by atoms with E-state index < -0.39 is 11.6 Å². The molecule has 3 rings (SSSR count). The van der Waals surface area contributed by atoms with Crippen molar-refractivity contribution < 1.29 is 23.1 Å². The second-order valence-corrected chi connectivity index (χ2v) is 7.00. The van der Waals surface area contributed by atoms with E-state index in [1.807, 2.05) is 0 Å². The van der Waals surface area contributed by atoms with Gasteiger partial charge in [-0.05, 0) is 31.9 Å². The number of carbonyl (C=O) groups excluding carboxylic acids is 2. The van der Waals surface area contributed by atoms with Crippen molar-refractivity contribution >= 4 is 17.8 Å². The number of halogens is 2. The molecule has 0 bridgehead atoms. The fourth-order valence-corrected chi connectivity index (χ4v) is 3.69. The summed E-state index contributed by atoms with van der Waals surface area (Å²) in [6, 6.07) is 3.38. The number of urea groups is 1. The van der Waals surface area contributed by atoms with E-state index in [0.29, 0.717) is 38.8 Å². The van der Waals surface area contributed by atoms with Gasteiger partial charge in [-0.2, -0.15) is 0 Å². The molecule has 28 heavy (non-hydrogen) atoms. The molecule has 9 heteroatoms. The maximum Gasteiger partial charge on any atom is 0.409 e. The van der Waals surface area contributed by atoms with Gasteiger partial charge in [-0.1, -0.05) is 0 Å². The number of nitrogens with zero attached hydrogens (tertiary/aromatic N) is 3. The summed E-state index contributed by atoms with van der Waals surface area (Å²) in [6.45, 7) is 6.16. The van der Waals surface area contributed by atoms with Gasteiger partial charge >= 0.3 is 12.1 Å². The monoisotopic (exact) mass is 396 g/mol. The van der Waals surface area contributed by atoms with Gasteiger partial charge in [0.2, 0.25) is 0 Å². The van der Waals surface area contributed by atoms with Crippen molar-refractivity contribution in [1.29, 1.82) is 0 Å². The van der Waals surface area contributed by atoms with Crippen molar-refractivity contribution in [1.82, 2.24) is 14.7 Å². The van der Waals surface area contributed by atoms with Crippen molar-refractivity contribution in [3.05, 3.63) is 29.8 Å². The minimum atomic E-state index is -0.989. The van der Waals surface area contributed by atoms with Gasteiger partial charge in [-0.25, -0.2) is 18.4 Å². The average Bonchev–Trinajstić information content (AvgIpc) is 2.71. The van der Waals surface area contributed by atoms with Crippen LogP contribution in [0.5, 0.6) is 0 Å². The zero-order valence-electron chi connectivity index (χ0n) is 16.0. The highest BCUT2D eigenvalue weighted by Crippen LogP contribution is 2.20. The highest BCUT2D eigenvalue weighted by Gasteiger charge is 2.30. The van der Waals surface area contributed by atoms with E-state index in [4.69, 9.17) is 4.74 Å². The van der Waals surface area contributed by atoms with Gasteiger partial charge in [0.25, 0.3) is 0 Å². The number of anilines is 1. The number of carbonyl (C=O) groups is 2. The Bertz CT molecular complexity index is 702. The number of rotatable bonds is 3. The van der Waals surface area contributed by atoms with Crippen molar-refractivity contribution in [2.75, 3.05) is 51.2 Å². The molecular weight excluding hydrogens is 370 g/mol. The third-order valence-electron chi connectivity index (χ3n) is 5.28. The van der Waals surface area contributed by atoms with E-state index in [0.717, 1.165) is 38.1 Å². The Morgan fingerprint density at radius 1 is 1.04 bits per heavy atom. The summed E-state index contributed by atoms with van der Waals surface area (Å²) in [5.74, 6) is -1.93.